The van der Waals surface area contributed by atoms with Gasteiger partial charge < -0.3 is 9.84 Å². The van der Waals surface area contributed by atoms with Gasteiger partial charge in [0.2, 0.25) is 0 Å². The van der Waals surface area contributed by atoms with E-state index in [9.17, 15) is 9.90 Å². The van der Waals surface area contributed by atoms with Crippen molar-refractivity contribution < 1.29 is 14.6 Å². The third kappa shape index (κ3) is 15.8. The molecule has 0 unspecified atom stereocenters. The molecule has 1 atom stereocenters. The number of esters is 1. The summed E-state index contributed by atoms with van der Waals surface area (Å²) in [5.74, 6) is -0.171. The number of aliphatic hydroxyl groups excluding tert-OH is 1. The highest BCUT2D eigenvalue weighted by Gasteiger charge is 2.08. The van der Waals surface area contributed by atoms with Crippen LogP contribution in [-0.2, 0) is 9.53 Å². The lowest BCUT2D eigenvalue weighted by molar-refractivity contribution is -0.144. The van der Waals surface area contributed by atoms with Crippen LogP contribution in [0.4, 0.5) is 0 Å². The summed E-state index contributed by atoms with van der Waals surface area (Å²) in [6.07, 6.45) is 10.7. The van der Waals surface area contributed by atoms with Gasteiger partial charge in [-0.05, 0) is 19.3 Å². The predicted molar refractivity (Wildman–Crippen MR) is 89.5 cm³/mol. The van der Waals surface area contributed by atoms with Crippen molar-refractivity contribution in [1.82, 2.24) is 0 Å². The Balaban J connectivity index is 0. The number of hydrogen-bond acceptors (Lipinski definition) is 3. The van der Waals surface area contributed by atoms with Crippen molar-refractivity contribution >= 4 is 19.5 Å². The molecular formula is C16H34O3S. The summed E-state index contributed by atoms with van der Waals surface area (Å²) in [5, 5.41) is 9.76. The van der Waals surface area contributed by atoms with E-state index in [4.69, 9.17) is 4.74 Å². The Hall–Kier alpha value is -0.220. The van der Waals surface area contributed by atoms with Crippen LogP contribution in [0.25, 0.3) is 0 Å². The predicted octanol–water partition coefficient (Wildman–Crippen LogP) is 4.33. The molecule has 0 radical (unpaired) electrons. The molecule has 4 heteroatoms. The minimum Gasteiger partial charge on any atom is -0.466 e. The summed E-state index contributed by atoms with van der Waals surface area (Å²) < 4.78 is 5.05. The lowest BCUT2D eigenvalue weighted by Crippen LogP contribution is -2.12. The Morgan fingerprint density at radius 1 is 0.950 bits per heavy atom. The zero-order valence-electron chi connectivity index (χ0n) is 13.3. The van der Waals surface area contributed by atoms with Crippen molar-refractivity contribution in [1.29, 1.82) is 0 Å². The normalized spacial score (nSPS) is 11.8. The van der Waals surface area contributed by atoms with Crippen LogP contribution in [0.5, 0.6) is 0 Å². The molecule has 0 saturated heterocycles. The van der Waals surface area contributed by atoms with E-state index in [-0.39, 0.29) is 25.6 Å². The van der Waals surface area contributed by atoms with E-state index in [2.05, 4.69) is 13.8 Å². The summed E-state index contributed by atoms with van der Waals surface area (Å²) >= 11 is 0. The van der Waals surface area contributed by atoms with E-state index in [1.54, 1.807) is 0 Å². The van der Waals surface area contributed by atoms with Crippen molar-refractivity contribution in [3.8, 4) is 0 Å². The van der Waals surface area contributed by atoms with Gasteiger partial charge in [-0.2, -0.15) is 13.5 Å². The highest BCUT2D eigenvalue weighted by molar-refractivity contribution is 7.59. The minimum atomic E-state index is -0.343. The molecule has 0 amide bonds. The zero-order valence-corrected chi connectivity index (χ0v) is 14.3. The van der Waals surface area contributed by atoms with Gasteiger partial charge in [0.1, 0.15) is 0 Å². The van der Waals surface area contributed by atoms with Crippen molar-refractivity contribution in [2.24, 2.45) is 0 Å². The van der Waals surface area contributed by atoms with Gasteiger partial charge in [-0.1, -0.05) is 58.8 Å². The second kappa shape index (κ2) is 16.8. The second-order valence-corrected chi connectivity index (χ2v) is 5.32. The molecule has 0 aliphatic rings. The maximum absolute atomic E-state index is 11.3. The summed E-state index contributed by atoms with van der Waals surface area (Å²) in [4.78, 5) is 11.3. The molecule has 0 aromatic carbocycles. The van der Waals surface area contributed by atoms with Crippen LogP contribution in [0.2, 0.25) is 0 Å². The maximum Gasteiger partial charge on any atom is 0.305 e. The van der Waals surface area contributed by atoms with Crippen LogP contribution in [0.1, 0.15) is 84.5 Å². The largest absolute Gasteiger partial charge is 0.466 e. The van der Waals surface area contributed by atoms with Gasteiger partial charge in [0.25, 0.3) is 0 Å². The van der Waals surface area contributed by atoms with E-state index >= 15 is 0 Å². The average Bonchev–Trinajstić information content (AvgIpc) is 2.40. The highest BCUT2D eigenvalue weighted by atomic mass is 32.1. The van der Waals surface area contributed by atoms with Gasteiger partial charge in [-0.25, -0.2) is 0 Å². The van der Waals surface area contributed by atoms with Gasteiger partial charge in [0.05, 0.1) is 12.7 Å². The van der Waals surface area contributed by atoms with Crippen molar-refractivity contribution in [2.45, 2.75) is 90.6 Å². The lowest BCUT2D eigenvalue weighted by atomic mass is 10.0. The topological polar surface area (TPSA) is 46.5 Å². The monoisotopic (exact) mass is 306 g/mol. The number of unbranched alkanes of at least 4 members (excludes halogenated alkanes) is 6. The molecule has 0 aliphatic carbocycles. The first-order chi connectivity index (χ1) is 9.20. The Morgan fingerprint density at radius 3 is 2.20 bits per heavy atom. The molecule has 0 aromatic heterocycles. The molecule has 0 fully saturated rings. The van der Waals surface area contributed by atoms with Gasteiger partial charge in [-0.3, -0.25) is 4.79 Å². The standard InChI is InChI=1S/C16H32O3.H2S/c1-3-5-7-8-9-10-11-15(17)12-13-16(18)19-14-6-4-2;/h15,17H,3-14H2,1-2H3;1H2/t15-;/m0./s1. The van der Waals surface area contributed by atoms with E-state index in [0.717, 1.165) is 25.7 Å². The maximum atomic E-state index is 11.3. The van der Waals surface area contributed by atoms with Crippen LogP contribution in [0.15, 0.2) is 0 Å². The van der Waals surface area contributed by atoms with Gasteiger partial charge in [0.15, 0.2) is 0 Å². The summed E-state index contributed by atoms with van der Waals surface area (Å²) in [6.45, 7) is 4.80. The fourth-order valence-corrected chi connectivity index (χ4v) is 1.99. The van der Waals surface area contributed by atoms with Gasteiger partial charge in [0, 0.05) is 6.42 Å². The van der Waals surface area contributed by atoms with Crippen LogP contribution in [0.3, 0.4) is 0 Å². The quantitative estimate of drug-likeness (QED) is 0.407. The van der Waals surface area contributed by atoms with Crippen molar-refractivity contribution in [3.05, 3.63) is 0 Å². The number of aliphatic hydroxyl groups is 1. The van der Waals surface area contributed by atoms with Crippen LogP contribution in [0, 0.1) is 0 Å². The Bertz CT molecular complexity index is 210. The summed E-state index contributed by atoms with van der Waals surface area (Å²) in [5.41, 5.74) is 0. The van der Waals surface area contributed by atoms with E-state index < -0.39 is 0 Å². The van der Waals surface area contributed by atoms with Crippen LogP contribution < -0.4 is 0 Å². The molecule has 0 aromatic rings. The first-order valence-electron chi connectivity index (χ1n) is 8.04. The minimum absolute atomic E-state index is 0. The molecule has 0 heterocycles. The first kappa shape index (κ1) is 22.1. The molecule has 0 spiro atoms. The zero-order chi connectivity index (χ0) is 14.3. The molecule has 0 bridgehead atoms. The molecular weight excluding hydrogens is 272 g/mol. The Kier molecular flexibility index (Phi) is 18.6. The number of hydrogen-bond donors (Lipinski definition) is 1. The second-order valence-electron chi connectivity index (χ2n) is 5.32. The third-order valence-electron chi connectivity index (χ3n) is 3.33. The average molecular weight is 307 g/mol. The number of carbonyl (C=O) groups excluding carboxylic acids is 1. The summed E-state index contributed by atoms with van der Waals surface area (Å²) in [6, 6.07) is 0. The molecule has 0 saturated carbocycles. The molecule has 0 rings (SSSR count). The number of carbonyl (C=O) groups is 1. The van der Waals surface area contributed by atoms with Gasteiger partial charge in [-0.15, -0.1) is 0 Å². The molecule has 122 valence electrons. The van der Waals surface area contributed by atoms with Crippen molar-refractivity contribution in [2.75, 3.05) is 6.61 Å². The van der Waals surface area contributed by atoms with Crippen LogP contribution >= 0.6 is 13.5 Å². The smallest absolute Gasteiger partial charge is 0.305 e. The Labute approximate surface area is 131 Å². The number of ether oxygens (including phenoxy) is 1. The molecule has 3 nitrogen and oxygen atoms in total. The van der Waals surface area contributed by atoms with Crippen LogP contribution in [-0.4, -0.2) is 23.8 Å². The lowest BCUT2D eigenvalue weighted by Gasteiger charge is -2.10. The fourth-order valence-electron chi connectivity index (χ4n) is 1.99. The van der Waals surface area contributed by atoms with Gasteiger partial charge >= 0.3 is 5.97 Å². The highest BCUT2D eigenvalue weighted by Crippen LogP contribution is 2.11. The van der Waals surface area contributed by atoms with Crippen molar-refractivity contribution in [3.63, 3.8) is 0 Å². The molecule has 1 N–H and O–H groups in total. The number of rotatable bonds is 13. The van der Waals surface area contributed by atoms with E-state index in [1.165, 1.54) is 32.1 Å². The molecule has 0 aliphatic heterocycles. The van der Waals surface area contributed by atoms with E-state index in [0.29, 0.717) is 19.4 Å². The summed E-state index contributed by atoms with van der Waals surface area (Å²) in [7, 11) is 0. The fraction of sp³-hybridized carbons (Fsp3) is 0.938. The Morgan fingerprint density at radius 2 is 1.55 bits per heavy atom. The molecule has 20 heavy (non-hydrogen) atoms. The SMILES string of the molecule is CCCCCCCC[C@H](O)CCC(=O)OCCCC.S. The first-order valence-corrected chi connectivity index (χ1v) is 8.04. The van der Waals surface area contributed by atoms with E-state index in [1.807, 2.05) is 0 Å². The third-order valence-corrected chi connectivity index (χ3v) is 3.33.